The van der Waals surface area contributed by atoms with E-state index in [4.69, 9.17) is 25.8 Å². The Labute approximate surface area is 117 Å². The molecule has 0 aromatic carbocycles. The van der Waals surface area contributed by atoms with Crippen LogP contribution in [0.5, 0.6) is 12.0 Å². The van der Waals surface area contributed by atoms with Gasteiger partial charge in [-0.15, -0.1) is 4.98 Å². The van der Waals surface area contributed by atoms with Crippen molar-refractivity contribution in [3.63, 3.8) is 0 Å². The fraction of sp³-hybridized carbons (Fsp3) is 0.750. The molecule has 0 bridgehead atoms. The van der Waals surface area contributed by atoms with E-state index in [1.807, 2.05) is 20.8 Å². The van der Waals surface area contributed by atoms with Gasteiger partial charge < -0.3 is 14.2 Å². The van der Waals surface area contributed by atoms with Gasteiger partial charge in [-0.1, -0.05) is 0 Å². The van der Waals surface area contributed by atoms with Crippen molar-refractivity contribution in [3.8, 4) is 12.0 Å². The van der Waals surface area contributed by atoms with E-state index < -0.39 is 0 Å². The summed E-state index contributed by atoms with van der Waals surface area (Å²) in [6.45, 7) is 6.36. The minimum atomic E-state index is 0.0201. The van der Waals surface area contributed by atoms with E-state index in [1.54, 1.807) is 0 Å². The third kappa shape index (κ3) is 4.18. The van der Waals surface area contributed by atoms with Gasteiger partial charge in [0.2, 0.25) is 5.28 Å². The minimum absolute atomic E-state index is 0.0201. The quantitative estimate of drug-likeness (QED) is 0.846. The number of hydrogen-bond donors (Lipinski definition) is 0. The van der Waals surface area contributed by atoms with E-state index in [1.165, 1.54) is 0 Å². The highest BCUT2D eigenvalue weighted by molar-refractivity contribution is 6.28. The third-order valence-corrected chi connectivity index (χ3v) is 2.94. The maximum absolute atomic E-state index is 5.81. The van der Waals surface area contributed by atoms with E-state index in [9.17, 15) is 0 Å². The molecule has 2 rings (SSSR count). The van der Waals surface area contributed by atoms with Crippen LogP contribution in [0.3, 0.4) is 0 Å². The minimum Gasteiger partial charge on any atom is -0.464 e. The van der Waals surface area contributed by atoms with Crippen molar-refractivity contribution in [2.75, 3.05) is 6.61 Å². The van der Waals surface area contributed by atoms with Crippen LogP contribution >= 0.6 is 11.6 Å². The number of rotatable bonds is 4. The molecule has 1 aliphatic heterocycles. The predicted octanol–water partition coefficient (Wildman–Crippen LogP) is 2.26. The molecule has 6 nitrogen and oxygen atoms in total. The average molecular weight is 288 g/mol. The fourth-order valence-corrected chi connectivity index (χ4v) is 2.30. The maximum Gasteiger partial charge on any atom is 0.324 e. The third-order valence-electron chi connectivity index (χ3n) is 2.77. The summed E-state index contributed by atoms with van der Waals surface area (Å²) in [6.07, 6.45) is 1.96. The van der Waals surface area contributed by atoms with Gasteiger partial charge in [-0.2, -0.15) is 9.97 Å². The highest BCUT2D eigenvalue weighted by Crippen LogP contribution is 2.23. The van der Waals surface area contributed by atoms with E-state index >= 15 is 0 Å². The van der Waals surface area contributed by atoms with Crippen LogP contribution in [0.15, 0.2) is 0 Å². The summed E-state index contributed by atoms with van der Waals surface area (Å²) >= 11 is 5.81. The molecular formula is C12H18ClN3O3. The molecule has 0 saturated carbocycles. The second-order valence-corrected chi connectivity index (χ2v) is 4.91. The zero-order valence-electron chi connectivity index (χ0n) is 11.3. The van der Waals surface area contributed by atoms with Gasteiger partial charge >= 0.3 is 12.0 Å². The molecule has 0 N–H and O–H groups in total. The first-order valence-corrected chi connectivity index (χ1v) is 6.81. The topological polar surface area (TPSA) is 66.4 Å². The molecule has 7 heteroatoms. The van der Waals surface area contributed by atoms with E-state index in [0.29, 0.717) is 6.61 Å². The molecule has 106 valence electrons. The first-order chi connectivity index (χ1) is 9.06. The first-order valence-electron chi connectivity index (χ1n) is 6.43. The van der Waals surface area contributed by atoms with Gasteiger partial charge in [-0.3, -0.25) is 0 Å². The fourth-order valence-electron chi connectivity index (χ4n) is 2.15. The second-order valence-electron chi connectivity index (χ2n) is 4.57. The summed E-state index contributed by atoms with van der Waals surface area (Å²) in [5.41, 5.74) is 0. The Morgan fingerprint density at radius 3 is 2.42 bits per heavy atom. The van der Waals surface area contributed by atoms with Crippen LogP contribution in [-0.4, -0.2) is 39.9 Å². The van der Waals surface area contributed by atoms with Crippen LogP contribution in [-0.2, 0) is 4.74 Å². The Balaban J connectivity index is 2.05. The molecule has 2 unspecified atom stereocenters. The summed E-state index contributed by atoms with van der Waals surface area (Å²) < 4.78 is 16.6. The largest absolute Gasteiger partial charge is 0.464 e. The number of aromatic nitrogens is 3. The second kappa shape index (κ2) is 6.34. The molecule has 0 radical (unpaired) electrons. The smallest absolute Gasteiger partial charge is 0.324 e. The van der Waals surface area contributed by atoms with Crippen LogP contribution in [0.1, 0.15) is 33.6 Å². The van der Waals surface area contributed by atoms with Gasteiger partial charge in [-0.05, 0) is 32.4 Å². The Bertz CT molecular complexity index is 423. The van der Waals surface area contributed by atoms with Gasteiger partial charge in [0, 0.05) is 12.8 Å². The molecule has 0 amide bonds. The molecule has 19 heavy (non-hydrogen) atoms. The SMILES string of the molecule is CCOc1nc(Cl)nc(OC2CC(C)OC(C)C2)n1. The Hall–Kier alpha value is -1.14. The highest BCUT2D eigenvalue weighted by atomic mass is 35.5. The lowest BCUT2D eigenvalue weighted by Crippen LogP contribution is -2.36. The summed E-state index contributed by atoms with van der Waals surface area (Å²) in [6, 6.07) is 0.389. The lowest BCUT2D eigenvalue weighted by molar-refractivity contribution is -0.0739. The van der Waals surface area contributed by atoms with Crippen molar-refractivity contribution in [3.05, 3.63) is 5.28 Å². The monoisotopic (exact) mass is 287 g/mol. The zero-order valence-corrected chi connectivity index (χ0v) is 12.1. The Morgan fingerprint density at radius 1 is 1.16 bits per heavy atom. The molecule has 1 saturated heterocycles. The summed E-state index contributed by atoms with van der Waals surface area (Å²) in [7, 11) is 0. The normalized spacial score (nSPS) is 27.1. The van der Waals surface area contributed by atoms with Crippen molar-refractivity contribution < 1.29 is 14.2 Å². The van der Waals surface area contributed by atoms with Crippen LogP contribution in [0.25, 0.3) is 0 Å². The lowest BCUT2D eigenvalue weighted by Gasteiger charge is -2.31. The Kier molecular flexibility index (Phi) is 4.76. The van der Waals surface area contributed by atoms with Crippen LogP contribution in [0.2, 0.25) is 5.28 Å². The van der Waals surface area contributed by atoms with Crippen LogP contribution in [0, 0.1) is 0 Å². The van der Waals surface area contributed by atoms with E-state index in [0.717, 1.165) is 12.8 Å². The zero-order chi connectivity index (χ0) is 13.8. The average Bonchev–Trinajstić information content (AvgIpc) is 2.26. The van der Waals surface area contributed by atoms with Crippen molar-refractivity contribution in [1.82, 2.24) is 15.0 Å². The van der Waals surface area contributed by atoms with Crippen molar-refractivity contribution >= 4 is 11.6 Å². The number of nitrogens with zero attached hydrogens (tertiary/aromatic N) is 3. The standard InChI is InChI=1S/C12H18ClN3O3/c1-4-17-11-14-10(13)15-12(16-11)19-9-5-7(2)18-8(3)6-9/h7-9H,4-6H2,1-3H3. The van der Waals surface area contributed by atoms with Gasteiger partial charge in [0.05, 0.1) is 18.8 Å². The van der Waals surface area contributed by atoms with Crippen LogP contribution in [0.4, 0.5) is 0 Å². The first kappa shape index (κ1) is 14.3. The summed E-state index contributed by atoms with van der Waals surface area (Å²) in [5.74, 6) is 0. The van der Waals surface area contributed by atoms with E-state index in [-0.39, 0.29) is 35.6 Å². The van der Waals surface area contributed by atoms with Gasteiger partial charge in [0.15, 0.2) is 0 Å². The summed E-state index contributed by atoms with van der Waals surface area (Å²) in [4.78, 5) is 11.9. The molecule has 2 heterocycles. The Morgan fingerprint density at radius 2 is 1.79 bits per heavy atom. The molecular weight excluding hydrogens is 270 g/mol. The van der Waals surface area contributed by atoms with Crippen molar-refractivity contribution in [1.29, 1.82) is 0 Å². The van der Waals surface area contributed by atoms with Gasteiger partial charge in [0.1, 0.15) is 6.10 Å². The number of halogens is 1. The van der Waals surface area contributed by atoms with Crippen molar-refractivity contribution in [2.45, 2.75) is 51.9 Å². The van der Waals surface area contributed by atoms with Gasteiger partial charge in [-0.25, -0.2) is 0 Å². The highest BCUT2D eigenvalue weighted by Gasteiger charge is 2.26. The van der Waals surface area contributed by atoms with E-state index in [2.05, 4.69) is 15.0 Å². The molecule has 1 aromatic heterocycles. The molecule has 1 aliphatic rings. The lowest BCUT2D eigenvalue weighted by atomic mass is 10.0. The molecule has 1 fully saturated rings. The molecule has 0 aliphatic carbocycles. The van der Waals surface area contributed by atoms with Gasteiger partial charge in [0.25, 0.3) is 0 Å². The van der Waals surface area contributed by atoms with Crippen LogP contribution < -0.4 is 9.47 Å². The summed E-state index contributed by atoms with van der Waals surface area (Å²) in [5, 5.41) is 0.0709. The molecule has 0 spiro atoms. The predicted molar refractivity (Wildman–Crippen MR) is 69.7 cm³/mol. The number of hydrogen-bond acceptors (Lipinski definition) is 6. The van der Waals surface area contributed by atoms with Crippen molar-refractivity contribution in [2.24, 2.45) is 0 Å². The molecule has 1 aromatic rings. The maximum atomic E-state index is 5.81. The number of ether oxygens (including phenoxy) is 3. The molecule has 2 atom stereocenters.